The first-order chi connectivity index (χ1) is 16.9. The van der Waals surface area contributed by atoms with Gasteiger partial charge in [-0.05, 0) is 29.3 Å². The Morgan fingerprint density at radius 3 is 2.49 bits per heavy atom. The van der Waals surface area contributed by atoms with Crippen molar-refractivity contribution in [3.8, 4) is 34.1 Å². The van der Waals surface area contributed by atoms with Crippen molar-refractivity contribution in [1.29, 1.82) is 0 Å². The van der Waals surface area contributed by atoms with Gasteiger partial charge in [-0.15, -0.1) is 0 Å². The van der Waals surface area contributed by atoms with Gasteiger partial charge in [0.25, 0.3) is 0 Å². The molecule has 0 aliphatic carbocycles. The van der Waals surface area contributed by atoms with E-state index >= 15 is 0 Å². The Morgan fingerprint density at radius 2 is 1.83 bits per heavy atom. The molecule has 0 saturated heterocycles. The van der Waals surface area contributed by atoms with Crippen LogP contribution in [-0.4, -0.2) is 50.8 Å². The third kappa shape index (κ3) is 5.13. The third-order valence-electron chi connectivity index (χ3n) is 5.78. The van der Waals surface area contributed by atoms with E-state index in [1.165, 1.54) is 27.5 Å². The van der Waals surface area contributed by atoms with Crippen molar-refractivity contribution in [3.63, 3.8) is 0 Å². The first-order valence-corrected chi connectivity index (χ1v) is 11.0. The van der Waals surface area contributed by atoms with Crippen LogP contribution in [0.25, 0.3) is 11.1 Å². The second kappa shape index (κ2) is 10.3. The minimum absolute atomic E-state index is 0.146. The van der Waals surface area contributed by atoms with Gasteiger partial charge in [-0.3, -0.25) is 14.6 Å². The molecule has 35 heavy (non-hydrogen) atoms. The average Bonchev–Trinajstić information content (AvgIpc) is 3.30. The summed E-state index contributed by atoms with van der Waals surface area (Å²) in [7, 11) is 4.60. The highest BCUT2D eigenvalue weighted by atomic mass is 16.5. The molecule has 2 aromatic carbocycles. The van der Waals surface area contributed by atoms with Crippen LogP contribution in [0.1, 0.15) is 21.5 Å². The van der Waals surface area contributed by atoms with Crippen molar-refractivity contribution in [2.75, 3.05) is 27.9 Å². The van der Waals surface area contributed by atoms with Gasteiger partial charge in [0.2, 0.25) is 17.6 Å². The normalized spacial score (nSPS) is 14.0. The number of amides is 2. The van der Waals surface area contributed by atoms with E-state index in [1.54, 1.807) is 24.4 Å². The molecule has 1 atom stereocenters. The quantitative estimate of drug-likeness (QED) is 0.486. The van der Waals surface area contributed by atoms with Gasteiger partial charge in [-0.2, -0.15) is 0 Å². The van der Waals surface area contributed by atoms with E-state index in [-0.39, 0.29) is 18.4 Å². The number of hydrogen-bond donors (Lipinski definition) is 2. The van der Waals surface area contributed by atoms with Crippen molar-refractivity contribution < 1.29 is 28.5 Å². The van der Waals surface area contributed by atoms with E-state index in [4.69, 9.17) is 24.7 Å². The van der Waals surface area contributed by atoms with E-state index in [2.05, 4.69) is 10.3 Å². The fourth-order valence-corrected chi connectivity index (χ4v) is 4.11. The number of methoxy groups -OCH3 is 3. The zero-order valence-electron chi connectivity index (χ0n) is 19.8. The standard InChI is InChI=1S/C26H27N3O6/c1-32-21-7-15(8-22(33-2)25(21)34-3)9-23(30)29-14-19-11-16-5-4-6-20(24(16)35-19)17-10-18(26(27)31)13-28-12-17/h4-8,10,12-13,19H,9,11,14H2,1-3H3,(H2,27,31)(H,29,30). The van der Waals surface area contributed by atoms with Crippen LogP contribution in [0.15, 0.2) is 48.8 Å². The SMILES string of the molecule is COc1cc(CC(=O)NCC2Cc3cccc(-c4cncc(C(N)=O)c4)c3O2)cc(OC)c1OC. The minimum Gasteiger partial charge on any atom is -0.493 e. The fourth-order valence-electron chi connectivity index (χ4n) is 4.11. The molecular formula is C26H27N3O6. The molecule has 0 saturated carbocycles. The van der Waals surface area contributed by atoms with Crippen LogP contribution in [0.4, 0.5) is 0 Å². The smallest absolute Gasteiger partial charge is 0.250 e. The maximum absolute atomic E-state index is 12.7. The number of aromatic nitrogens is 1. The highest BCUT2D eigenvalue weighted by Gasteiger charge is 2.26. The number of primary amides is 1. The lowest BCUT2D eigenvalue weighted by Gasteiger charge is -2.15. The van der Waals surface area contributed by atoms with Crippen LogP contribution in [0.2, 0.25) is 0 Å². The second-order valence-corrected chi connectivity index (χ2v) is 8.08. The van der Waals surface area contributed by atoms with Crippen LogP contribution in [-0.2, 0) is 17.6 Å². The monoisotopic (exact) mass is 477 g/mol. The van der Waals surface area contributed by atoms with Gasteiger partial charge in [0.1, 0.15) is 11.9 Å². The Morgan fingerprint density at radius 1 is 1.09 bits per heavy atom. The van der Waals surface area contributed by atoms with Crippen molar-refractivity contribution in [2.45, 2.75) is 18.9 Å². The molecule has 0 fully saturated rings. The topological polar surface area (TPSA) is 122 Å². The molecule has 9 nitrogen and oxygen atoms in total. The highest BCUT2D eigenvalue weighted by Crippen LogP contribution is 2.39. The lowest BCUT2D eigenvalue weighted by molar-refractivity contribution is -0.120. The molecule has 0 spiro atoms. The van der Waals surface area contributed by atoms with Crippen LogP contribution in [0, 0.1) is 0 Å². The summed E-state index contributed by atoms with van der Waals surface area (Å²) in [5.74, 6) is 1.49. The van der Waals surface area contributed by atoms with E-state index in [9.17, 15) is 9.59 Å². The highest BCUT2D eigenvalue weighted by molar-refractivity contribution is 5.94. The number of pyridine rings is 1. The number of nitrogens with two attached hydrogens (primary N) is 1. The van der Waals surface area contributed by atoms with Crippen molar-refractivity contribution in [3.05, 3.63) is 65.5 Å². The van der Waals surface area contributed by atoms with Crippen molar-refractivity contribution in [2.24, 2.45) is 5.73 Å². The fraction of sp³-hybridized carbons (Fsp3) is 0.269. The number of hydrogen-bond acceptors (Lipinski definition) is 7. The lowest BCUT2D eigenvalue weighted by atomic mass is 10.0. The number of para-hydroxylation sites is 1. The Bertz CT molecular complexity index is 1230. The molecule has 2 amide bonds. The molecule has 1 aromatic heterocycles. The summed E-state index contributed by atoms with van der Waals surface area (Å²) in [6.07, 6.45) is 3.67. The maximum atomic E-state index is 12.7. The average molecular weight is 478 g/mol. The Hall–Kier alpha value is -4.27. The summed E-state index contributed by atoms with van der Waals surface area (Å²) < 4.78 is 22.2. The molecule has 182 valence electrons. The molecule has 2 heterocycles. The molecule has 0 bridgehead atoms. The van der Waals surface area contributed by atoms with E-state index in [0.29, 0.717) is 35.8 Å². The molecule has 9 heteroatoms. The largest absolute Gasteiger partial charge is 0.493 e. The summed E-state index contributed by atoms with van der Waals surface area (Å²) in [5.41, 5.74) is 9.04. The van der Waals surface area contributed by atoms with Gasteiger partial charge in [0.05, 0.1) is 39.9 Å². The summed E-state index contributed by atoms with van der Waals surface area (Å²) in [4.78, 5) is 28.3. The molecule has 3 N–H and O–H groups in total. The molecular weight excluding hydrogens is 450 g/mol. The number of fused-ring (bicyclic) bond motifs is 1. The third-order valence-corrected chi connectivity index (χ3v) is 5.78. The Balaban J connectivity index is 1.42. The van der Waals surface area contributed by atoms with E-state index in [0.717, 1.165) is 28.0 Å². The molecule has 1 aliphatic heterocycles. The van der Waals surface area contributed by atoms with Crippen LogP contribution in [0.3, 0.4) is 0 Å². The van der Waals surface area contributed by atoms with Crippen LogP contribution < -0.4 is 30.0 Å². The number of rotatable bonds is 9. The summed E-state index contributed by atoms with van der Waals surface area (Å²) in [6, 6.07) is 11.0. The van der Waals surface area contributed by atoms with Gasteiger partial charge in [-0.25, -0.2) is 0 Å². The predicted molar refractivity (Wildman–Crippen MR) is 129 cm³/mol. The van der Waals surface area contributed by atoms with Crippen LogP contribution >= 0.6 is 0 Å². The summed E-state index contributed by atoms with van der Waals surface area (Å²) >= 11 is 0. The Kier molecular flexibility index (Phi) is 7.05. The minimum atomic E-state index is -0.541. The van der Waals surface area contributed by atoms with Gasteiger partial charge in [0, 0.05) is 29.9 Å². The lowest BCUT2D eigenvalue weighted by Crippen LogP contribution is -2.35. The summed E-state index contributed by atoms with van der Waals surface area (Å²) in [5, 5.41) is 2.94. The molecule has 3 aromatic rings. The number of benzene rings is 2. The molecule has 1 aliphatic rings. The number of nitrogens with one attached hydrogen (secondary N) is 1. The van der Waals surface area contributed by atoms with E-state index in [1.807, 2.05) is 18.2 Å². The molecule has 0 radical (unpaired) electrons. The number of carbonyl (C=O) groups is 2. The van der Waals surface area contributed by atoms with E-state index < -0.39 is 5.91 Å². The number of ether oxygens (including phenoxy) is 4. The Labute approximate surface area is 203 Å². The van der Waals surface area contributed by atoms with Crippen molar-refractivity contribution >= 4 is 11.8 Å². The number of nitrogens with zero attached hydrogens (tertiary/aromatic N) is 1. The zero-order valence-corrected chi connectivity index (χ0v) is 19.8. The maximum Gasteiger partial charge on any atom is 0.250 e. The van der Waals surface area contributed by atoms with Gasteiger partial charge in [0.15, 0.2) is 11.5 Å². The second-order valence-electron chi connectivity index (χ2n) is 8.08. The van der Waals surface area contributed by atoms with Gasteiger partial charge < -0.3 is 30.0 Å². The number of carbonyl (C=O) groups excluding carboxylic acids is 2. The zero-order chi connectivity index (χ0) is 24.9. The first kappa shape index (κ1) is 23.9. The van der Waals surface area contributed by atoms with Gasteiger partial charge >= 0.3 is 0 Å². The summed E-state index contributed by atoms with van der Waals surface area (Å²) in [6.45, 7) is 0.344. The first-order valence-electron chi connectivity index (χ1n) is 11.0. The predicted octanol–water partition coefficient (Wildman–Crippen LogP) is 2.54. The van der Waals surface area contributed by atoms with Crippen LogP contribution in [0.5, 0.6) is 23.0 Å². The molecule has 4 rings (SSSR count). The molecule has 1 unspecified atom stereocenters. The van der Waals surface area contributed by atoms with Gasteiger partial charge in [-0.1, -0.05) is 18.2 Å². The van der Waals surface area contributed by atoms with Crippen molar-refractivity contribution in [1.82, 2.24) is 10.3 Å².